The average molecular weight is 330 g/mol. The Balaban J connectivity index is 1.90. The van der Waals surface area contributed by atoms with Crippen LogP contribution in [0.25, 0.3) is 21.8 Å². The maximum absolute atomic E-state index is 12.9. The van der Waals surface area contributed by atoms with Crippen LogP contribution in [-0.4, -0.2) is 16.7 Å². The van der Waals surface area contributed by atoms with Crippen LogP contribution in [0.5, 0.6) is 5.75 Å². The van der Waals surface area contributed by atoms with E-state index in [1.807, 2.05) is 67.6 Å². The fourth-order valence-corrected chi connectivity index (χ4v) is 3.18. The summed E-state index contributed by atoms with van der Waals surface area (Å²) in [6.45, 7) is 2.59. The molecule has 0 fully saturated rings. The summed E-state index contributed by atoms with van der Waals surface area (Å²) in [4.78, 5) is 17.5. The summed E-state index contributed by atoms with van der Waals surface area (Å²) in [5.74, 6) is 1.66. The minimum absolute atomic E-state index is 0.0211. The van der Waals surface area contributed by atoms with Gasteiger partial charge in [-0.25, -0.2) is 4.98 Å². The zero-order valence-electron chi connectivity index (χ0n) is 14.2. The van der Waals surface area contributed by atoms with Gasteiger partial charge in [0.05, 0.1) is 12.6 Å². The number of hydrogen-bond donors (Lipinski definition) is 0. The molecule has 0 aliphatic heterocycles. The first kappa shape index (κ1) is 15.4. The maximum Gasteiger partial charge on any atom is 0.214 e. The molecule has 0 saturated heterocycles. The topological polar surface area (TPSA) is 44.1 Å². The molecular formula is C21H18N2O2. The molecule has 3 aromatic carbocycles. The van der Waals surface area contributed by atoms with Crippen molar-refractivity contribution in [2.24, 2.45) is 0 Å². The average Bonchev–Trinajstić information content (AvgIpc) is 2.88. The highest BCUT2D eigenvalue weighted by Crippen LogP contribution is 2.19. The minimum atomic E-state index is -0.0211. The van der Waals surface area contributed by atoms with Crippen LogP contribution in [0.3, 0.4) is 0 Å². The maximum atomic E-state index is 12.9. The third-order valence-electron chi connectivity index (χ3n) is 4.54. The van der Waals surface area contributed by atoms with Crippen LogP contribution in [0, 0.1) is 6.92 Å². The van der Waals surface area contributed by atoms with Gasteiger partial charge in [0.2, 0.25) is 5.43 Å². The SMILES string of the molecule is COc1ccc(Cn2c(C)nc3c(=O)c4ccccc4ccc32)cc1. The number of fused-ring (bicyclic) bond motifs is 2. The van der Waals surface area contributed by atoms with Gasteiger partial charge in [-0.3, -0.25) is 4.79 Å². The summed E-state index contributed by atoms with van der Waals surface area (Å²) in [5.41, 5.74) is 2.49. The lowest BCUT2D eigenvalue weighted by molar-refractivity contribution is 0.414. The normalized spacial score (nSPS) is 11.1. The molecule has 0 saturated carbocycles. The van der Waals surface area contributed by atoms with E-state index in [2.05, 4.69) is 9.55 Å². The van der Waals surface area contributed by atoms with Crippen LogP contribution in [0.1, 0.15) is 11.4 Å². The Morgan fingerprint density at radius 1 is 1.00 bits per heavy atom. The molecule has 0 N–H and O–H groups in total. The highest BCUT2D eigenvalue weighted by Gasteiger charge is 2.11. The largest absolute Gasteiger partial charge is 0.497 e. The molecular weight excluding hydrogens is 312 g/mol. The van der Waals surface area contributed by atoms with Crippen LogP contribution < -0.4 is 10.2 Å². The number of aromatic nitrogens is 2. The number of aryl methyl sites for hydroxylation is 1. The van der Waals surface area contributed by atoms with Crippen molar-refractivity contribution in [1.29, 1.82) is 0 Å². The summed E-state index contributed by atoms with van der Waals surface area (Å²) in [6, 6.07) is 19.6. The molecule has 4 aromatic rings. The lowest BCUT2D eigenvalue weighted by Crippen LogP contribution is -2.02. The van der Waals surface area contributed by atoms with E-state index in [1.165, 1.54) is 0 Å². The second-order valence-corrected chi connectivity index (χ2v) is 6.08. The molecule has 0 aliphatic carbocycles. The Morgan fingerprint density at radius 3 is 2.52 bits per heavy atom. The van der Waals surface area contributed by atoms with E-state index >= 15 is 0 Å². The molecule has 4 heteroatoms. The Hall–Kier alpha value is -3.14. The van der Waals surface area contributed by atoms with Crippen molar-refractivity contribution in [3.63, 3.8) is 0 Å². The Labute approximate surface area is 145 Å². The molecule has 25 heavy (non-hydrogen) atoms. The van der Waals surface area contributed by atoms with Crippen molar-refractivity contribution in [2.75, 3.05) is 7.11 Å². The predicted molar refractivity (Wildman–Crippen MR) is 100 cm³/mol. The van der Waals surface area contributed by atoms with E-state index < -0.39 is 0 Å². The molecule has 0 radical (unpaired) electrons. The van der Waals surface area contributed by atoms with Crippen LogP contribution in [0.2, 0.25) is 0 Å². The molecule has 0 atom stereocenters. The van der Waals surface area contributed by atoms with Gasteiger partial charge in [0.25, 0.3) is 0 Å². The van der Waals surface area contributed by atoms with Crippen molar-refractivity contribution >= 4 is 21.8 Å². The van der Waals surface area contributed by atoms with Gasteiger partial charge in [-0.1, -0.05) is 42.5 Å². The second kappa shape index (κ2) is 6.06. The predicted octanol–water partition coefficient (Wildman–Crippen LogP) is 3.92. The van der Waals surface area contributed by atoms with Gasteiger partial charge in [0.1, 0.15) is 17.1 Å². The fraction of sp³-hybridized carbons (Fsp3) is 0.143. The number of imidazole rings is 1. The van der Waals surface area contributed by atoms with E-state index in [0.29, 0.717) is 17.4 Å². The number of ether oxygens (including phenoxy) is 1. The van der Waals surface area contributed by atoms with Gasteiger partial charge in [-0.05, 0) is 36.1 Å². The Kier molecular flexibility index (Phi) is 3.73. The van der Waals surface area contributed by atoms with E-state index in [0.717, 1.165) is 28.0 Å². The molecule has 1 aromatic heterocycles. The van der Waals surface area contributed by atoms with Gasteiger partial charge in [0.15, 0.2) is 0 Å². The number of methoxy groups -OCH3 is 1. The van der Waals surface area contributed by atoms with E-state index in [1.54, 1.807) is 7.11 Å². The first-order chi connectivity index (χ1) is 12.2. The van der Waals surface area contributed by atoms with Gasteiger partial charge < -0.3 is 9.30 Å². The van der Waals surface area contributed by atoms with E-state index in [-0.39, 0.29) is 5.43 Å². The summed E-state index contributed by atoms with van der Waals surface area (Å²) in [6.07, 6.45) is 0. The number of hydrogen-bond acceptors (Lipinski definition) is 3. The zero-order valence-corrected chi connectivity index (χ0v) is 14.2. The van der Waals surface area contributed by atoms with Crippen molar-refractivity contribution in [1.82, 2.24) is 9.55 Å². The van der Waals surface area contributed by atoms with Gasteiger partial charge in [-0.2, -0.15) is 0 Å². The van der Waals surface area contributed by atoms with Gasteiger partial charge >= 0.3 is 0 Å². The van der Waals surface area contributed by atoms with Gasteiger partial charge in [-0.15, -0.1) is 0 Å². The van der Waals surface area contributed by atoms with Crippen LogP contribution in [0.15, 0.2) is 65.5 Å². The first-order valence-corrected chi connectivity index (χ1v) is 8.19. The fourth-order valence-electron chi connectivity index (χ4n) is 3.18. The monoisotopic (exact) mass is 330 g/mol. The van der Waals surface area contributed by atoms with Crippen LogP contribution in [-0.2, 0) is 6.54 Å². The molecule has 0 amide bonds. The molecule has 1 heterocycles. The second-order valence-electron chi connectivity index (χ2n) is 6.08. The van der Waals surface area contributed by atoms with Crippen molar-refractivity contribution in [2.45, 2.75) is 13.5 Å². The highest BCUT2D eigenvalue weighted by atomic mass is 16.5. The van der Waals surface area contributed by atoms with Crippen molar-refractivity contribution in [3.8, 4) is 5.75 Å². The van der Waals surface area contributed by atoms with Crippen molar-refractivity contribution < 1.29 is 4.74 Å². The Morgan fingerprint density at radius 2 is 1.76 bits per heavy atom. The minimum Gasteiger partial charge on any atom is -0.497 e. The first-order valence-electron chi connectivity index (χ1n) is 8.19. The van der Waals surface area contributed by atoms with Gasteiger partial charge in [0, 0.05) is 11.9 Å². The van der Waals surface area contributed by atoms with Crippen LogP contribution >= 0.6 is 0 Å². The molecule has 0 spiro atoms. The summed E-state index contributed by atoms with van der Waals surface area (Å²) < 4.78 is 7.29. The smallest absolute Gasteiger partial charge is 0.214 e. The standard InChI is InChI=1S/C21H18N2O2/c1-14-22-20-19(12-9-16-5-3-4-6-18(16)21(20)24)23(14)13-15-7-10-17(25-2)11-8-15/h3-12H,13H2,1-2H3. The number of nitrogens with zero attached hydrogens (tertiary/aromatic N) is 2. The highest BCUT2D eigenvalue weighted by molar-refractivity contribution is 5.90. The summed E-state index contributed by atoms with van der Waals surface area (Å²) in [7, 11) is 1.66. The lowest BCUT2D eigenvalue weighted by Gasteiger charge is -2.07. The molecule has 4 nitrogen and oxygen atoms in total. The molecule has 124 valence electrons. The number of benzene rings is 2. The zero-order chi connectivity index (χ0) is 17.4. The molecule has 0 bridgehead atoms. The van der Waals surface area contributed by atoms with Crippen molar-refractivity contribution in [3.05, 3.63) is 82.3 Å². The molecule has 0 aliphatic rings. The Bertz CT molecular complexity index is 1130. The third kappa shape index (κ3) is 2.66. The number of rotatable bonds is 3. The van der Waals surface area contributed by atoms with Crippen LogP contribution in [0.4, 0.5) is 0 Å². The third-order valence-corrected chi connectivity index (χ3v) is 4.54. The summed E-state index contributed by atoms with van der Waals surface area (Å²) in [5, 5.41) is 1.63. The lowest BCUT2D eigenvalue weighted by atomic mass is 10.2. The summed E-state index contributed by atoms with van der Waals surface area (Å²) >= 11 is 0. The molecule has 4 rings (SSSR count). The van der Waals surface area contributed by atoms with E-state index in [9.17, 15) is 4.79 Å². The quantitative estimate of drug-likeness (QED) is 0.572. The van der Waals surface area contributed by atoms with E-state index in [4.69, 9.17) is 4.74 Å². The molecule has 0 unspecified atom stereocenters.